The van der Waals surface area contributed by atoms with Crippen LogP contribution in [0, 0.1) is 0 Å². The minimum atomic E-state index is -0.476. The van der Waals surface area contributed by atoms with Crippen LogP contribution in [0.1, 0.15) is 6.92 Å². The van der Waals surface area contributed by atoms with Gasteiger partial charge in [-0.05, 0) is 18.5 Å². The van der Waals surface area contributed by atoms with Crippen LogP contribution in [0.2, 0.25) is 5.28 Å². The van der Waals surface area contributed by atoms with E-state index in [4.69, 9.17) is 22.1 Å². The number of aromatic nitrogens is 3. The molecule has 9 heteroatoms. The molecule has 3 N–H and O–H groups in total. The molecule has 0 saturated carbocycles. The third kappa shape index (κ3) is 3.65. The maximum atomic E-state index is 12.1. The topological polar surface area (TPSA) is 106 Å². The summed E-state index contributed by atoms with van der Waals surface area (Å²) in [6.07, 6.45) is 0. The number of carbonyl (C=O) groups is 1. The standard InChI is InChI=1S/C10H15ClN6O2/c1-6(7(18)17-2-4-19-5-3-17)13-10-15-8(11)14-9(12)16-10/h6H,2-5H2,1H3,(H3,12,13,14,15,16). The Hall–Kier alpha value is -1.67. The van der Waals surface area contributed by atoms with Crippen molar-refractivity contribution in [1.29, 1.82) is 0 Å². The number of carbonyl (C=O) groups excluding carboxylic acids is 1. The highest BCUT2D eigenvalue weighted by Crippen LogP contribution is 2.09. The van der Waals surface area contributed by atoms with Crippen molar-refractivity contribution in [2.45, 2.75) is 13.0 Å². The van der Waals surface area contributed by atoms with Gasteiger partial charge in [-0.25, -0.2) is 0 Å². The van der Waals surface area contributed by atoms with Crippen molar-refractivity contribution in [3.8, 4) is 0 Å². The van der Waals surface area contributed by atoms with Crippen LogP contribution >= 0.6 is 11.6 Å². The van der Waals surface area contributed by atoms with Crippen molar-refractivity contribution in [2.24, 2.45) is 0 Å². The molecule has 2 rings (SSSR count). The van der Waals surface area contributed by atoms with Crippen LogP contribution in [-0.4, -0.2) is 58.1 Å². The van der Waals surface area contributed by atoms with Gasteiger partial charge in [0.2, 0.25) is 23.1 Å². The molecule has 1 aliphatic heterocycles. The SMILES string of the molecule is CC(Nc1nc(N)nc(Cl)n1)C(=O)N1CCOCC1. The van der Waals surface area contributed by atoms with Gasteiger partial charge in [0.05, 0.1) is 13.2 Å². The van der Waals surface area contributed by atoms with E-state index in [1.807, 2.05) is 0 Å². The lowest BCUT2D eigenvalue weighted by Crippen LogP contribution is -2.47. The van der Waals surface area contributed by atoms with E-state index in [0.717, 1.165) is 0 Å². The molecule has 0 aromatic carbocycles. The smallest absolute Gasteiger partial charge is 0.245 e. The maximum absolute atomic E-state index is 12.1. The Morgan fingerprint density at radius 1 is 1.42 bits per heavy atom. The molecule has 1 aromatic heterocycles. The fourth-order valence-corrected chi connectivity index (χ4v) is 1.91. The first-order valence-corrected chi connectivity index (χ1v) is 6.24. The number of hydrogen-bond acceptors (Lipinski definition) is 7. The van der Waals surface area contributed by atoms with Crippen molar-refractivity contribution in [1.82, 2.24) is 19.9 Å². The van der Waals surface area contributed by atoms with Gasteiger partial charge < -0.3 is 20.7 Å². The van der Waals surface area contributed by atoms with E-state index < -0.39 is 6.04 Å². The zero-order valence-corrected chi connectivity index (χ0v) is 11.2. The highest BCUT2D eigenvalue weighted by molar-refractivity contribution is 6.28. The molecule has 0 spiro atoms. The first kappa shape index (κ1) is 13.8. The number of morpholine rings is 1. The monoisotopic (exact) mass is 286 g/mol. The first-order valence-electron chi connectivity index (χ1n) is 5.86. The second kappa shape index (κ2) is 5.98. The van der Waals surface area contributed by atoms with Gasteiger partial charge in [-0.3, -0.25) is 4.79 Å². The summed E-state index contributed by atoms with van der Waals surface area (Å²) in [6.45, 7) is 4.02. The minimum Gasteiger partial charge on any atom is -0.378 e. The lowest BCUT2D eigenvalue weighted by molar-refractivity contribution is -0.135. The Bertz CT molecular complexity index is 445. The molecule has 0 aliphatic carbocycles. The third-order valence-electron chi connectivity index (χ3n) is 2.66. The molecule has 1 aromatic rings. The van der Waals surface area contributed by atoms with Crippen molar-refractivity contribution in [3.63, 3.8) is 0 Å². The number of ether oxygens (including phenoxy) is 1. The van der Waals surface area contributed by atoms with Gasteiger partial charge in [0, 0.05) is 13.1 Å². The average Bonchev–Trinajstić information content (AvgIpc) is 2.37. The number of halogens is 1. The summed E-state index contributed by atoms with van der Waals surface area (Å²) in [7, 11) is 0. The van der Waals surface area contributed by atoms with E-state index in [1.165, 1.54) is 0 Å². The Balaban J connectivity index is 1.99. The zero-order chi connectivity index (χ0) is 13.8. The molecule has 8 nitrogen and oxygen atoms in total. The number of nitrogens with two attached hydrogens (primary N) is 1. The van der Waals surface area contributed by atoms with Gasteiger partial charge in [0.25, 0.3) is 0 Å². The molecule has 1 fully saturated rings. The van der Waals surface area contributed by atoms with E-state index in [0.29, 0.717) is 26.3 Å². The van der Waals surface area contributed by atoms with E-state index >= 15 is 0 Å². The predicted molar refractivity (Wildman–Crippen MR) is 69.7 cm³/mol. The summed E-state index contributed by atoms with van der Waals surface area (Å²) in [5.41, 5.74) is 5.46. The molecule has 1 amide bonds. The third-order valence-corrected chi connectivity index (χ3v) is 2.83. The second-order valence-corrected chi connectivity index (χ2v) is 4.43. The van der Waals surface area contributed by atoms with Crippen LogP contribution in [0.3, 0.4) is 0 Å². The second-order valence-electron chi connectivity index (χ2n) is 4.09. The van der Waals surface area contributed by atoms with E-state index in [2.05, 4.69) is 20.3 Å². The van der Waals surface area contributed by atoms with Gasteiger partial charge >= 0.3 is 0 Å². The first-order chi connectivity index (χ1) is 9.06. The van der Waals surface area contributed by atoms with Gasteiger partial charge in [0.1, 0.15) is 6.04 Å². The van der Waals surface area contributed by atoms with Crippen LogP contribution < -0.4 is 11.1 Å². The van der Waals surface area contributed by atoms with Gasteiger partial charge in [0.15, 0.2) is 0 Å². The molecule has 19 heavy (non-hydrogen) atoms. The fraction of sp³-hybridized carbons (Fsp3) is 0.600. The molecule has 0 radical (unpaired) electrons. The lowest BCUT2D eigenvalue weighted by atomic mass is 10.2. The minimum absolute atomic E-state index is 0.00789. The summed E-state index contributed by atoms with van der Waals surface area (Å²) < 4.78 is 5.20. The normalized spacial score (nSPS) is 17.1. The Labute approximate surface area is 115 Å². The predicted octanol–water partition coefficient (Wildman–Crippen LogP) is -0.234. The van der Waals surface area contributed by atoms with Crippen LogP contribution in [0.5, 0.6) is 0 Å². The van der Waals surface area contributed by atoms with Crippen molar-refractivity contribution >= 4 is 29.4 Å². The quantitative estimate of drug-likeness (QED) is 0.790. The maximum Gasteiger partial charge on any atom is 0.245 e. The molecule has 2 heterocycles. The number of anilines is 2. The summed E-state index contributed by atoms with van der Waals surface area (Å²) >= 11 is 5.67. The fourth-order valence-electron chi connectivity index (χ4n) is 1.74. The van der Waals surface area contributed by atoms with Crippen LogP contribution in [-0.2, 0) is 9.53 Å². The number of amides is 1. The molecule has 1 unspecified atom stereocenters. The Kier molecular flexibility index (Phi) is 4.33. The van der Waals surface area contributed by atoms with Crippen LogP contribution in [0.15, 0.2) is 0 Å². The molecule has 1 atom stereocenters. The largest absolute Gasteiger partial charge is 0.378 e. The van der Waals surface area contributed by atoms with Crippen molar-refractivity contribution < 1.29 is 9.53 Å². The lowest BCUT2D eigenvalue weighted by Gasteiger charge is -2.29. The number of rotatable bonds is 3. The van der Waals surface area contributed by atoms with E-state index in [1.54, 1.807) is 11.8 Å². The average molecular weight is 287 g/mol. The summed E-state index contributed by atoms with van der Waals surface area (Å²) in [5, 5.41) is 2.85. The van der Waals surface area contributed by atoms with Crippen molar-refractivity contribution in [3.05, 3.63) is 5.28 Å². The number of nitrogens with one attached hydrogen (secondary N) is 1. The Morgan fingerprint density at radius 2 is 2.11 bits per heavy atom. The molecule has 1 aliphatic rings. The van der Waals surface area contributed by atoms with Gasteiger partial charge in [-0.15, -0.1) is 0 Å². The molecular weight excluding hydrogens is 272 g/mol. The highest BCUT2D eigenvalue weighted by atomic mass is 35.5. The summed E-state index contributed by atoms with van der Waals surface area (Å²) in [6, 6.07) is -0.476. The van der Waals surface area contributed by atoms with E-state index in [9.17, 15) is 4.79 Å². The highest BCUT2D eigenvalue weighted by Gasteiger charge is 2.23. The van der Waals surface area contributed by atoms with Crippen molar-refractivity contribution in [2.75, 3.05) is 37.4 Å². The zero-order valence-electron chi connectivity index (χ0n) is 10.5. The van der Waals surface area contributed by atoms with Crippen LogP contribution in [0.25, 0.3) is 0 Å². The molecule has 104 valence electrons. The number of hydrogen-bond donors (Lipinski definition) is 2. The molecular formula is C10H15ClN6O2. The molecule has 1 saturated heterocycles. The van der Waals surface area contributed by atoms with E-state index in [-0.39, 0.29) is 23.1 Å². The number of nitrogen functional groups attached to an aromatic ring is 1. The number of nitrogens with zero attached hydrogens (tertiary/aromatic N) is 4. The van der Waals surface area contributed by atoms with Gasteiger partial charge in [-0.1, -0.05) is 0 Å². The van der Waals surface area contributed by atoms with Gasteiger partial charge in [-0.2, -0.15) is 15.0 Å². The summed E-state index contributed by atoms with van der Waals surface area (Å²) in [4.78, 5) is 25.2. The summed E-state index contributed by atoms with van der Waals surface area (Å²) in [5.74, 6) is 0.151. The Morgan fingerprint density at radius 3 is 2.74 bits per heavy atom. The molecule has 0 bridgehead atoms. The van der Waals surface area contributed by atoms with Crippen LogP contribution in [0.4, 0.5) is 11.9 Å².